The van der Waals surface area contributed by atoms with Gasteiger partial charge < -0.3 is 10.6 Å². The van der Waals surface area contributed by atoms with Gasteiger partial charge in [-0.1, -0.05) is 38.3 Å². The van der Waals surface area contributed by atoms with Crippen LogP contribution >= 0.6 is 11.6 Å². The molecule has 0 saturated carbocycles. The second-order valence-corrected chi connectivity index (χ2v) is 8.06. The van der Waals surface area contributed by atoms with Crippen molar-refractivity contribution in [3.63, 3.8) is 0 Å². The number of benzene rings is 1. The summed E-state index contributed by atoms with van der Waals surface area (Å²) in [6.07, 6.45) is 3.21. The largest absolute Gasteiger partial charge is 0.353 e. The maximum atomic E-state index is 12.2. The van der Waals surface area contributed by atoms with Gasteiger partial charge in [0.15, 0.2) is 0 Å². The molecule has 1 aliphatic heterocycles. The average molecular weight is 344 g/mol. The van der Waals surface area contributed by atoms with Gasteiger partial charge in [0.1, 0.15) is 4.90 Å². The van der Waals surface area contributed by atoms with Crippen LogP contribution in [0.1, 0.15) is 40.0 Å². The van der Waals surface area contributed by atoms with Crippen LogP contribution in [0.2, 0.25) is 5.02 Å². The first-order chi connectivity index (χ1) is 10.3. The minimum atomic E-state index is -3.68. The van der Waals surface area contributed by atoms with Crippen LogP contribution < -0.4 is 10.6 Å². The van der Waals surface area contributed by atoms with Crippen LogP contribution in [0, 0.1) is 5.92 Å². The third-order valence-electron chi connectivity index (χ3n) is 3.49. The van der Waals surface area contributed by atoms with E-state index in [1.54, 1.807) is 12.1 Å². The third-order valence-corrected chi connectivity index (χ3v) is 5.06. The van der Waals surface area contributed by atoms with Crippen LogP contribution in [-0.4, -0.2) is 20.4 Å². The molecule has 2 N–H and O–H groups in total. The van der Waals surface area contributed by atoms with Crippen LogP contribution in [0.25, 0.3) is 0 Å². The van der Waals surface area contributed by atoms with Crippen LogP contribution in [0.15, 0.2) is 27.5 Å². The molecule has 1 heterocycles. The topological polar surface area (TPSA) is 70.6 Å². The predicted molar refractivity (Wildman–Crippen MR) is 91.0 cm³/mol. The van der Waals surface area contributed by atoms with Crippen molar-refractivity contribution in [3.05, 3.63) is 23.2 Å². The summed E-state index contributed by atoms with van der Waals surface area (Å²) in [5, 5.41) is 6.60. The Morgan fingerprint density at radius 3 is 2.68 bits per heavy atom. The molecule has 1 aromatic rings. The summed E-state index contributed by atoms with van der Waals surface area (Å²) in [5.74, 6) is 0.929. The van der Waals surface area contributed by atoms with E-state index in [-0.39, 0.29) is 16.9 Å². The van der Waals surface area contributed by atoms with E-state index in [1.807, 2.05) is 6.92 Å². The van der Waals surface area contributed by atoms with Gasteiger partial charge in [0.2, 0.25) is 5.96 Å². The Hall–Kier alpha value is -1.27. The number of anilines is 1. The van der Waals surface area contributed by atoms with E-state index in [1.165, 1.54) is 6.07 Å². The number of hydrogen-bond donors (Lipinski definition) is 2. The summed E-state index contributed by atoms with van der Waals surface area (Å²) in [6.45, 7) is 6.40. The minimum Gasteiger partial charge on any atom is -0.353 e. The Kier molecular flexibility index (Phi) is 5.34. The molecule has 122 valence electrons. The number of nitrogens with one attached hydrogen (secondary N) is 2. The fourth-order valence-corrected chi connectivity index (χ4v) is 3.58. The Morgan fingerprint density at radius 1 is 1.27 bits per heavy atom. The number of nitrogens with zero attached hydrogens (tertiary/aromatic N) is 1. The molecule has 2 rings (SSSR count). The monoisotopic (exact) mass is 343 g/mol. The fraction of sp³-hybridized carbons (Fsp3) is 0.533. The molecule has 0 aromatic heterocycles. The lowest BCUT2D eigenvalue weighted by atomic mass is 10.0. The van der Waals surface area contributed by atoms with Gasteiger partial charge in [-0.25, -0.2) is 0 Å². The van der Waals surface area contributed by atoms with Crippen LogP contribution in [-0.2, 0) is 10.0 Å². The Labute approximate surface area is 137 Å². The van der Waals surface area contributed by atoms with Crippen molar-refractivity contribution in [2.24, 2.45) is 10.3 Å². The van der Waals surface area contributed by atoms with E-state index in [9.17, 15) is 8.42 Å². The van der Waals surface area contributed by atoms with Crippen molar-refractivity contribution in [2.45, 2.75) is 51.0 Å². The van der Waals surface area contributed by atoms with Crippen LogP contribution in [0.3, 0.4) is 0 Å². The molecule has 0 aliphatic carbocycles. The zero-order chi connectivity index (χ0) is 16.3. The van der Waals surface area contributed by atoms with Crippen molar-refractivity contribution < 1.29 is 8.42 Å². The first-order valence-electron chi connectivity index (χ1n) is 7.46. The highest BCUT2D eigenvalue weighted by Gasteiger charge is 2.25. The number of fused-ring (bicyclic) bond motifs is 1. The van der Waals surface area contributed by atoms with Gasteiger partial charge in [0, 0.05) is 11.1 Å². The molecule has 0 fully saturated rings. The summed E-state index contributed by atoms with van der Waals surface area (Å²) >= 11 is 5.93. The van der Waals surface area contributed by atoms with E-state index >= 15 is 0 Å². The highest BCUT2D eigenvalue weighted by molar-refractivity contribution is 7.90. The first-order valence-corrected chi connectivity index (χ1v) is 9.28. The van der Waals surface area contributed by atoms with Crippen molar-refractivity contribution in [2.75, 3.05) is 5.32 Å². The summed E-state index contributed by atoms with van der Waals surface area (Å²) in [6, 6.07) is 4.74. The van der Waals surface area contributed by atoms with Gasteiger partial charge >= 0.3 is 0 Å². The molecule has 0 amide bonds. The predicted octanol–water partition coefficient (Wildman–Crippen LogP) is 3.61. The van der Waals surface area contributed by atoms with Crippen molar-refractivity contribution in [1.29, 1.82) is 0 Å². The SMILES string of the molecule is CC(C)CCCC(C)NC1=NS(=O)(=O)c2ccc(Cl)cc2N1. The molecule has 0 spiro atoms. The zero-order valence-electron chi connectivity index (χ0n) is 13.1. The molecule has 0 saturated heterocycles. The first kappa shape index (κ1) is 17.1. The van der Waals surface area contributed by atoms with Crippen LogP contribution in [0.5, 0.6) is 0 Å². The Bertz CT molecular complexity index is 671. The number of hydrogen-bond acceptors (Lipinski definition) is 4. The van der Waals surface area contributed by atoms with E-state index in [0.29, 0.717) is 16.6 Å². The van der Waals surface area contributed by atoms with Crippen molar-refractivity contribution in [1.82, 2.24) is 5.32 Å². The summed E-state index contributed by atoms with van der Waals surface area (Å²) in [4.78, 5) is 0.148. The van der Waals surface area contributed by atoms with E-state index in [0.717, 1.165) is 19.3 Å². The van der Waals surface area contributed by atoms with E-state index < -0.39 is 10.0 Å². The normalized spacial score (nSPS) is 17.4. The van der Waals surface area contributed by atoms with Crippen molar-refractivity contribution in [3.8, 4) is 0 Å². The molecule has 1 aromatic carbocycles. The van der Waals surface area contributed by atoms with Gasteiger partial charge in [-0.15, -0.1) is 4.40 Å². The number of halogens is 1. The molecule has 1 unspecified atom stereocenters. The highest BCUT2D eigenvalue weighted by Crippen LogP contribution is 2.29. The lowest BCUT2D eigenvalue weighted by molar-refractivity contribution is 0.494. The number of rotatable bonds is 5. The maximum Gasteiger partial charge on any atom is 0.287 e. The van der Waals surface area contributed by atoms with E-state index in [4.69, 9.17) is 11.6 Å². The molecule has 5 nitrogen and oxygen atoms in total. The second-order valence-electron chi connectivity index (χ2n) is 6.05. The molecule has 0 radical (unpaired) electrons. The number of sulfonamides is 1. The molecule has 7 heteroatoms. The molecule has 1 aliphatic rings. The zero-order valence-corrected chi connectivity index (χ0v) is 14.6. The summed E-state index contributed by atoms with van der Waals surface area (Å²) < 4.78 is 28.1. The third kappa shape index (κ3) is 4.36. The van der Waals surface area contributed by atoms with Gasteiger partial charge in [0.25, 0.3) is 10.0 Å². The maximum absolute atomic E-state index is 12.2. The lowest BCUT2D eigenvalue weighted by Gasteiger charge is -2.22. The lowest BCUT2D eigenvalue weighted by Crippen LogP contribution is -2.40. The van der Waals surface area contributed by atoms with Gasteiger partial charge in [-0.2, -0.15) is 8.42 Å². The molecule has 1 atom stereocenters. The molecular formula is C15H22ClN3O2S. The fourth-order valence-electron chi connectivity index (χ4n) is 2.34. The summed E-state index contributed by atoms with van der Waals surface area (Å²) in [5.41, 5.74) is 0.458. The average Bonchev–Trinajstić information content (AvgIpc) is 2.36. The molecule has 0 bridgehead atoms. The second kappa shape index (κ2) is 6.87. The molecule has 22 heavy (non-hydrogen) atoms. The highest BCUT2D eigenvalue weighted by atomic mass is 35.5. The standard InChI is InChI=1S/C15H22ClN3O2S/c1-10(2)5-4-6-11(3)17-15-18-13-9-12(16)7-8-14(13)22(20,21)19-15/h7-11H,4-6H2,1-3H3,(H2,17,18,19). The van der Waals surface area contributed by atoms with Crippen LogP contribution in [0.4, 0.5) is 5.69 Å². The number of guanidine groups is 1. The smallest absolute Gasteiger partial charge is 0.287 e. The van der Waals surface area contributed by atoms with E-state index in [2.05, 4.69) is 28.9 Å². The van der Waals surface area contributed by atoms with Crippen molar-refractivity contribution >= 4 is 33.3 Å². The van der Waals surface area contributed by atoms with Gasteiger partial charge in [-0.05, 0) is 37.5 Å². The van der Waals surface area contributed by atoms with Gasteiger partial charge in [0.05, 0.1) is 5.69 Å². The Balaban J connectivity index is 2.06. The summed E-state index contributed by atoms with van der Waals surface area (Å²) in [7, 11) is -3.68. The minimum absolute atomic E-state index is 0.140. The van der Waals surface area contributed by atoms with Gasteiger partial charge in [-0.3, -0.25) is 0 Å². The Morgan fingerprint density at radius 2 is 2.00 bits per heavy atom. The quantitative estimate of drug-likeness (QED) is 0.856. The molecular weight excluding hydrogens is 322 g/mol.